The van der Waals surface area contributed by atoms with Crippen LogP contribution in [0.3, 0.4) is 0 Å². The van der Waals surface area contributed by atoms with E-state index in [1.807, 2.05) is 6.92 Å². The first-order valence-electron chi connectivity index (χ1n) is 15.5. The predicted octanol–water partition coefficient (Wildman–Crippen LogP) is 5.39. The van der Waals surface area contributed by atoms with Crippen molar-refractivity contribution in [2.75, 3.05) is 46.4 Å². The molecule has 0 heterocycles. The zero-order valence-electron chi connectivity index (χ0n) is 27.4. The molecule has 0 aromatic carbocycles. The van der Waals surface area contributed by atoms with E-state index in [1.165, 1.54) is 0 Å². The summed E-state index contributed by atoms with van der Waals surface area (Å²) in [4.78, 5) is 50.6. The molecule has 12 nitrogen and oxygen atoms in total. The number of isocyanates is 1. The normalized spacial score (nSPS) is 27.2. The summed E-state index contributed by atoms with van der Waals surface area (Å²) >= 11 is 0. The van der Waals surface area contributed by atoms with Gasteiger partial charge in [-0.1, -0.05) is 41.5 Å². The number of amides is 3. The van der Waals surface area contributed by atoms with Gasteiger partial charge in [-0.15, -0.1) is 0 Å². The summed E-state index contributed by atoms with van der Waals surface area (Å²) in [6.45, 7) is 13.2. The van der Waals surface area contributed by atoms with E-state index in [-0.39, 0.29) is 53.6 Å². The highest BCUT2D eigenvalue weighted by Crippen LogP contribution is 2.47. The number of unbranched alkanes of at least 4 members (excludes halogenated alkanes) is 1. The maximum Gasteiger partial charge on any atom is 0.409 e. The molecule has 2 rings (SSSR count). The van der Waals surface area contributed by atoms with Crippen molar-refractivity contribution >= 4 is 24.4 Å². The summed E-state index contributed by atoms with van der Waals surface area (Å²) < 4.78 is 32.8. The largest absolute Gasteiger partial charge is 0.450 e. The first kappa shape index (κ1) is 37.3. The molecule has 0 spiro atoms. The number of alkyl carbamates (subject to hydrolysis) is 3. The molecule has 2 aliphatic carbocycles. The number of nitrogens with zero attached hydrogens (tertiary/aromatic N) is 1. The lowest BCUT2D eigenvalue weighted by Crippen LogP contribution is -2.50. The van der Waals surface area contributed by atoms with E-state index in [9.17, 15) is 23.6 Å². The van der Waals surface area contributed by atoms with Crippen LogP contribution in [-0.2, 0) is 23.7 Å². The van der Waals surface area contributed by atoms with Gasteiger partial charge in [0, 0.05) is 25.2 Å². The van der Waals surface area contributed by atoms with Crippen molar-refractivity contribution < 1.29 is 42.5 Å². The van der Waals surface area contributed by atoms with Crippen LogP contribution in [0.25, 0.3) is 0 Å². The Balaban J connectivity index is 1.56. The fraction of sp³-hybridized carbons (Fsp3) is 0.871. The Bertz CT molecular complexity index is 1010. The number of ether oxygens (including phenoxy) is 4. The summed E-state index contributed by atoms with van der Waals surface area (Å²) in [6, 6.07) is -0.242. The molecule has 44 heavy (non-hydrogen) atoms. The summed E-state index contributed by atoms with van der Waals surface area (Å²) in [6.07, 6.45) is 5.79. The number of nitrogens with one attached hydrogen (secondary N) is 3. The Morgan fingerprint density at radius 3 is 1.91 bits per heavy atom. The van der Waals surface area contributed by atoms with E-state index >= 15 is 0 Å². The number of hydrogen-bond donors (Lipinski definition) is 3. The fourth-order valence-corrected chi connectivity index (χ4v) is 7.52. The zero-order chi connectivity index (χ0) is 32.9. The van der Waals surface area contributed by atoms with Crippen molar-refractivity contribution in [1.82, 2.24) is 16.0 Å². The van der Waals surface area contributed by atoms with Crippen LogP contribution in [0.1, 0.15) is 92.9 Å². The molecule has 0 aliphatic heterocycles. The number of aliphatic imine (C=N–C) groups is 1. The van der Waals surface area contributed by atoms with Gasteiger partial charge in [0.25, 0.3) is 0 Å². The van der Waals surface area contributed by atoms with Gasteiger partial charge in [0.2, 0.25) is 12.9 Å². The van der Waals surface area contributed by atoms with Crippen molar-refractivity contribution in [3.63, 3.8) is 0 Å². The monoisotopic (exact) mass is 628 g/mol. The molecular weight excluding hydrogens is 575 g/mol. The first-order chi connectivity index (χ1) is 20.6. The number of hydrogen-bond acceptors (Lipinski definition) is 9. The topological polar surface area (TPSA) is 154 Å². The molecule has 2 fully saturated rings. The lowest BCUT2D eigenvalue weighted by atomic mass is 9.62. The van der Waals surface area contributed by atoms with Crippen LogP contribution in [0.15, 0.2) is 4.99 Å². The number of rotatable bonds is 15. The van der Waals surface area contributed by atoms with Crippen LogP contribution in [-0.4, -0.2) is 82.8 Å². The standard InChI is InChI=1S/C31H53FN4O8/c1-28(2)13-23(15-30(5,17-28)19-33-22-37)35-26(39)42-10-8-7-9-41-11-12-43-25(38)34-20-31(6)16-24(14-29(3,4)18-31)36-27(40)44-21-32/h23-24H,7-21H2,1-6H3,(H,34,38)(H,35,39)(H,36,40). The second kappa shape index (κ2) is 17.0. The minimum Gasteiger partial charge on any atom is -0.450 e. The van der Waals surface area contributed by atoms with Gasteiger partial charge >= 0.3 is 18.3 Å². The van der Waals surface area contributed by atoms with Gasteiger partial charge in [-0.25, -0.2) is 28.6 Å². The van der Waals surface area contributed by atoms with Crippen LogP contribution in [0.2, 0.25) is 0 Å². The minimum atomic E-state index is -1.18. The third kappa shape index (κ3) is 14.2. The highest BCUT2D eigenvalue weighted by Gasteiger charge is 2.43. The minimum absolute atomic E-state index is 0.00790. The van der Waals surface area contributed by atoms with E-state index in [2.05, 4.69) is 60.3 Å². The van der Waals surface area contributed by atoms with Gasteiger partial charge in [0.05, 0.1) is 19.8 Å². The van der Waals surface area contributed by atoms with Crippen molar-refractivity contribution in [2.45, 2.75) is 105 Å². The van der Waals surface area contributed by atoms with Crippen LogP contribution in [0, 0.1) is 21.7 Å². The zero-order valence-corrected chi connectivity index (χ0v) is 27.4. The maximum atomic E-state index is 12.3. The van der Waals surface area contributed by atoms with E-state index in [0.29, 0.717) is 39.0 Å². The van der Waals surface area contributed by atoms with Crippen molar-refractivity contribution in [3.05, 3.63) is 0 Å². The van der Waals surface area contributed by atoms with Crippen molar-refractivity contribution in [1.29, 1.82) is 0 Å². The molecule has 252 valence electrons. The molecule has 0 aromatic heterocycles. The number of alkyl halides is 1. The molecular formula is C31H53FN4O8. The third-order valence-electron chi connectivity index (χ3n) is 8.28. The van der Waals surface area contributed by atoms with Gasteiger partial charge in [-0.05, 0) is 73.0 Å². The summed E-state index contributed by atoms with van der Waals surface area (Å²) in [5.74, 6) is 0. The third-order valence-corrected chi connectivity index (χ3v) is 8.28. The van der Waals surface area contributed by atoms with Crippen molar-refractivity contribution in [2.24, 2.45) is 26.7 Å². The molecule has 4 unspecified atom stereocenters. The summed E-state index contributed by atoms with van der Waals surface area (Å²) in [5.41, 5.74) is -0.545. The highest BCUT2D eigenvalue weighted by atomic mass is 19.1. The highest BCUT2D eigenvalue weighted by molar-refractivity contribution is 5.68. The molecule has 0 radical (unpaired) electrons. The Morgan fingerprint density at radius 1 is 0.750 bits per heavy atom. The predicted molar refractivity (Wildman–Crippen MR) is 162 cm³/mol. The summed E-state index contributed by atoms with van der Waals surface area (Å²) in [5, 5.41) is 8.49. The van der Waals surface area contributed by atoms with Crippen LogP contribution in [0.5, 0.6) is 0 Å². The Morgan fingerprint density at radius 2 is 1.30 bits per heavy atom. The number of carbonyl (C=O) groups excluding carboxylic acids is 4. The van der Waals surface area contributed by atoms with E-state index in [0.717, 1.165) is 32.1 Å². The first-order valence-corrected chi connectivity index (χ1v) is 15.5. The fourth-order valence-electron chi connectivity index (χ4n) is 7.52. The van der Waals surface area contributed by atoms with Crippen molar-refractivity contribution in [3.8, 4) is 0 Å². The molecule has 13 heteroatoms. The molecule has 4 atom stereocenters. The molecule has 2 aliphatic rings. The van der Waals surface area contributed by atoms with Gasteiger partial charge in [-0.3, -0.25) is 0 Å². The quantitative estimate of drug-likeness (QED) is 0.0944. The summed E-state index contributed by atoms with van der Waals surface area (Å²) in [7, 11) is 0. The van der Waals surface area contributed by atoms with Crippen LogP contribution < -0.4 is 16.0 Å². The molecule has 0 aromatic rings. The van der Waals surface area contributed by atoms with E-state index in [1.54, 1.807) is 6.08 Å². The molecule has 0 bridgehead atoms. The van der Waals surface area contributed by atoms with Crippen LogP contribution in [0.4, 0.5) is 18.8 Å². The maximum absolute atomic E-state index is 12.3. The average molecular weight is 629 g/mol. The lowest BCUT2D eigenvalue weighted by molar-refractivity contribution is 0.0494. The van der Waals surface area contributed by atoms with Gasteiger partial charge in [0.1, 0.15) is 6.61 Å². The Kier molecular flexibility index (Phi) is 14.4. The second-order valence-electron chi connectivity index (χ2n) is 14.7. The lowest BCUT2D eigenvalue weighted by Gasteiger charge is -2.46. The number of halogens is 1. The molecule has 0 saturated heterocycles. The molecule has 3 N–H and O–H groups in total. The second-order valence-corrected chi connectivity index (χ2v) is 14.7. The van der Waals surface area contributed by atoms with E-state index in [4.69, 9.17) is 14.2 Å². The Hall–Kier alpha value is -2.92. The SMILES string of the molecule is CC1(C)CC(NC(=O)OCCCCOCCOC(=O)NCC2(C)CC(NC(=O)OCF)CC(C)(C)C2)CC(C)(CN=C=O)C1. The molecule has 2 saturated carbocycles. The van der Waals surface area contributed by atoms with Gasteiger partial charge < -0.3 is 34.9 Å². The smallest absolute Gasteiger partial charge is 0.409 e. The van der Waals surface area contributed by atoms with E-state index < -0.39 is 25.1 Å². The van der Waals surface area contributed by atoms with Gasteiger partial charge in [0.15, 0.2) is 0 Å². The van der Waals surface area contributed by atoms with Gasteiger partial charge in [-0.2, -0.15) is 0 Å². The Labute approximate surface area is 260 Å². The van der Waals surface area contributed by atoms with Crippen LogP contribution >= 0.6 is 0 Å². The average Bonchev–Trinajstić information content (AvgIpc) is 2.87. The number of carbonyl (C=O) groups is 3. The molecule has 3 amide bonds.